The number of carbonyl (C=O) groups excluding carboxylic acids is 1. The van der Waals surface area contributed by atoms with Gasteiger partial charge in [0.25, 0.3) is 5.91 Å². The zero-order valence-electron chi connectivity index (χ0n) is 12.3. The van der Waals surface area contributed by atoms with Gasteiger partial charge in [0.2, 0.25) is 0 Å². The maximum absolute atomic E-state index is 13.6. The van der Waals surface area contributed by atoms with Crippen molar-refractivity contribution in [3.63, 3.8) is 0 Å². The molecule has 0 aliphatic rings. The fraction of sp³-hybridized carbons (Fsp3) is 0. The van der Waals surface area contributed by atoms with E-state index < -0.39 is 11.7 Å². The minimum Gasteiger partial charge on any atom is -0.506 e. The minimum atomic E-state index is -0.609. The van der Waals surface area contributed by atoms with Gasteiger partial charge in [0, 0.05) is 10.9 Å². The molecule has 0 heterocycles. The molecule has 0 aliphatic carbocycles. The van der Waals surface area contributed by atoms with Crippen LogP contribution in [-0.4, -0.2) is 17.2 Å². The van der Waals surface area contributed by atoms with E-state index in [1.807, 2.05) is 12.1 Å². The van der Waals surface area contributed by atoms with Gasteiger partial charge >= 0.3 is 0 Å². The molecular formula is C18H12ClFN2O2. The Morgan fingerprint density at radius 3 is 2.71 bits per heavy atom. The molecular weight excluding hydrogens is 331 g/mol. The standard InChI is InChI=1S/C18H12ClFN2O2/c19-15-6-3-7-16(20)14(15)10-21-22-18(24)13-9-8-11-4-1-2-5-12(11)17(13)23/h1-10,23H,(H,22,24)/b21-10-. The molecule has 0 fully saturated rings. The van der Waals surface area contributed by atoms with Gasteiger partial charge in [-0.25, -0.2) is 9.82 Å². The number of phenolic OH excluding ortho intramolecular Hbond substituents is 1. The van der Waals surface area contributed by atoms with Crippen molar-refractivity contribution in [3.05, 3.63) is 76.6 Å². The number of hydrazone groups is 1. The summed E-state index contributed by atoms with van der Waals surface area (Å²) < 4.78 is 13.6. The first-order valence-corrected chi connectivity index (χ1v) is 7.44. The number of aromatic hydroxyl groups is 1. The van der Waals surface area contributed by atoms with E-state index in [0.29, 0.717) is 5.39 Å². The maximum atomic E-state index is 13.6. The van der Waals surface area contributed by atoms with E-state index in [4.69, 9.17) is 11.6 Å². The number of nitrogens with one attached hydrogen (secondary N) is 1. The van der Waals surface area contributed by atoms with E-state index in [9.17, 15) is 14.3 Å². The van der Waals surface area contributed by atoms with Gasteiger partial charge in [0.15, 0.2) is 0 Å². The molecule has 6 heteroatoms. The highest BCUT2D eigenvalue weighted by molar-refractivity contribution is 6.33. The lowest BCUT2D eigenvalue weighted by molar-refractivity contribution is 0.0952. The largest absolute Gasteiger partial charge is 0.506 e. The van der Waals surface area contributed by atoms with Crippen LogP contribution >= 0.6 is 11.6 Å². The molecule has 0 aliphatic heterocycles. The monoisotopic (exact) mass is 342 g/mol. The molecule has 0 spiro atoms. The van der Waals surface area contributed by atoms with Gasteiger partial charge in [0.05, 0.1) is 16.8 Å². The van der Waals surface area contributed by atoms with Crippen LogP contribution < -0.4 is 5.43 Å². The van der Waals surface area contributed by atoms with E-state index in [1.54, 1.807) is 18.2 Å². The lowest BCUT2D eigenvalue weighted by Crippen LogP contribution is -2.18. The molecule has 3 aromatic rings. The van der Waals surface area contributed by atoms with Crippen LogP contribution in [0.4, 0.5) is 4.39 Å². The van der Waals surface area contributed by atoms with Crippen molar-refractivity contribution in [1.29, 1.82) is 0 Å². The Balaban J connectivity index is 1.83. The third-order valence-corrected chi connectivity index (χ3v) is 3.83. The quantitative estimate of drug-likeness (QED) is 0.556. The molecule has 0 saturated carbocycles. The number of hydrogen-bond acceptors (Lipinski definition) is 3. The molecule has 3 aromatic carbocycles. The normalized spacial score (nSPS) is 11.1. The highest BCUT2D eigenvalue weighted by Gasteiger charge is 2.13. The predicted octanol–water partition coefficient (Wildman–Crippen LogP) is 4.10. The van der Waals surface area contributed by atoms with E-state index in [1.165, 1.54) is 24.3 Å². The molecule has 0 atom stereocenters. The van der Waals surface area contributed by atoms with Crippen LogP contribution in [0, 0.1) is 5.82 Å². The molecule has 1 amide bonds. The van der Waals surface area contributed by atoms with Crippen LogP contribution in [0.1, 0.15) is 15.9 Å². The van der Waals surface area contributed by atoms with Crippen LogP contribution in [0.5, 0.6) is 5.75 Å². The number of benzene rings is 3. The number of nitrogens with zero attached hydrogens (tertiary/aromatic N) is 1. The van der Waals surface area contributed by atoms with Crippen LogP contribution in [0.25, 0.3) is 10.8 Å². The third-order valence-electron chi connectivity index (χ3n) is 3.50. The molecule has 0 unspecified atom stereocenters. The summed E-state index contributed by atoms with van der Waals surface area (Å²) in [5.74, 6) is -1.29. The van der Waals surface area contributed by atoms with Crippen molar-refractivity contribution in [2.45, 2.75) is 0 Å². The summed E-state index contributed by atoms with van der Waals surface area (Å²) in [4.78, 5) is 12.2. The van der Waals surface area contributed by atoms with Crippen molar-refractivity contribution in [2.24, 2.45) is 5.10 Å². The van der Waals surface area contributed by atoms with Gasteiger partial charge in [-0.3, -0.25) is 4.79 Å². The molecule has 4 nitrogen and oxygen atoms in total. The van der Waals surface area contributed by atoms with E-state index in [-0.39, 0.29) is 21.9 Å². The summed E-state index contributed by atoms with van der Waals surface area (Å²) in [6.07, 6.45) is 1.12. The first-order valence-electron chi connectivity index (χ1n) is 7.06. The zero-order valence-corrected chi connectivity index (χ0v) is 13.1. The van der Waals surface area contributed by atoms with Gasteiger partial charge in [-0.1, -0.05) is 48.0 Å². The number of carbonyl (C=O) groups is 1. The van der Waals surface area contributed by atoms with Crippen molar-refractivity contribution < 1.29 is 14.3 Å². The van der Waals surface area contributed by atoms with Gasteiger partial charge in [0.1, 0.15) is 11.6 Å². The highest BCUT2D eigenvalue weighted by atomic mass is 35.5. The highest BCUT2D eigenvalue weighted by Crippen LogP contribution is 2.28. The number of rotatable bonds is 3. The number of hydrogen-bond donors (Lipinski definition) is 2. The van der Waals surface area contributed by atoms with Crippen molar-refractivity contribution >= 4 is 34.5 Å². The third kappa shape index (κ3) is 3.07. The Morgan fingerprint density at radius 2 is 1.92 bits per heavy atom. The average molecular weight is 343 g/mol. The molecule has 3 rings (SSSR count). The number of amides is 1. The summed E-state index contributed by atoms with van der Waals surface area (Å²) in [6.45, 7) is 0. The lowest BCUT2D eigenvalue weighted by Gasteiger charge is -2.06. The SMILES string of the molecule is O=C(N/N=C\c1c(F)cccc1Cl)c1ccc2ccccc2c1O. The topological polar surface area (TPSA) is 61.7 Å². The molecule has 2 N–H and O–H groups in total. The van der Waals surface area contributed by atoms with Gasteiger partial charge < -0.3 is 5.11 Å². The van der Waals surface area contributed by atoms with E-state index >= 15 is 0 Å². The Kier molecular flexibility index (Phi) is 4.44. The number of phenols is 1. The second-order valence-electron chi connectivity index (χ2n) is 5.02. The summed E-state index contributed by atoms with van der Waals surface area (Å²) in [5, 5.41) is 15.5. The fourth-order valence-electron chi connectivity index (χ4n) is 2.29. The van der Waals surface area contributed by atoms with E-state index in [0.717, 1.165) is 11.6 Å². The predicted molar refractivity (Wildman–Crippen MR) is 92.1 cm³/mol. The molecule has 0 bridgehead atoms. The second kappa shape index (κ2) is 6.68. The fourth-order valence-corrected chi connectivity index (χ4v) is 2.50. The molecule has 0 saturated heterocycles. The zero-order chi connectivity index (χ0) is 17.1. The van der Waals surface area contributed by atoms with Gasteiger partial charge in [-0.2, -0.15) is 5.10 Å². The summed E-state index contributed by atoms with van der Waals surface area (Å²) in [7, 11) is 0. The van der Waals surface area contributed by atoms with Crippen molar-refractivity contribution in [2.75, 3.05) is 0 Å². The molecule has 120 valence electrons. The van der Waals surface area contributed by atoms with E-state index in [2.05, 4.69) is 10.5 Å². The second-order valence-corrected chi connectivity index (χ2v) is 5.42. The van der Waals surface area contributed by atoms with Gasteiger partial charge in [-0.15, -0.1) is 0 Å². The first kappa shape index (κ1) is 16.0. The Hall–Kier alpha value is -2.92. The van der Waals surface area contributed by atoms with Crippen LogP contribution in [0.2, 0.25) is 5.02 Å². The number of fused-ring (bicyclic) bond motifs is 1. The van der Waals surface area contributed by atoms with Crippen molar-refractivity contribution in [1.82, 2.24) is 5.43 Å². The average Bonchev–Trinajstić information content (AvgIpc) is 2.58. The minimum absolute atomic E-state index is 0.0715. The number of halogens is 2. The summed E-state index contributed by atoms with van der Waals surface area (Å²) in [5.41, 5.74) is 2.40. The lowest BCUT2D eigenvalue weighted by atomic mass is 10.1. The Labute approximate surface area is 142 Å². The first-order chi connectivity index (χ1) is 11.6. The molecule has 24 heavy (non-hydrogen) atoms. The van der Waals surface area contributed by atoms with Gasteiger partial charge in [-0.05, 0) is 23.6 Å². The Morgan fingerprint density at radius 1 is 1.12 bits per heavy atom. The van der Waals surface area contributed by atoms with Crippen LogP contribution in [-0.2, 0) is 0 Å². The molecule has 0 aromatic heterocycles. The van der Waals surface area contributed by atoms with Crippen LogP contribution in [0.3, 0.4) is 0 Å². The smallest absolute Gasteiger partial charge is 0.275 e. The summed E-state index contributed by atoms with van der Waals surface area (Å²) in [6, 6.07) is 14.6. The Bertz CT molecular complexity index is 937. The maximum Gasteiger partial charge on any atom is 0.275 e. The summed E-state index contributed by atoms with van der Waals surface area (Å²) >= 11 is 5.87. The van der Waals surface area contributed by atoms with Crippen LogP contribution in [0.15, 0.2) is 59.7 Å². The molecule has 0 radical (unpaired) electrons. The van der Waals surface area contributed by atoms with Crippen molar-refractivity contribution in [3.8, 4) is 5.75 Å².